The first kappa shape index (κ1) is 15.3. The quantitative estimate of drug-likeness (QED) is 0.747. The zero-order chi connectivity index (χ0) is 16.2. The van der Waals surface area contributed by atoms with Crippen LogP contribution < -0.4 is 5.32 Å². The number of benzene rings is 1. The summed E-state index contributed by atoms with van der Waals surface area (Å²) in [7, 11) is 0. The fourth-order valence-corrected chi connectivity index (χ4v) is 2.68. The lowest BCUT2D eigenvalue weighted by Gasteiger charge is -2.03. The summed E-state index contributed by atoms with van der Waals surface area (Å²) in [5.74, 6) is -0.336. The Balaban J connectivity index is 2.04. The van der Waals surface area contributed by atoms with E-state index in [1.165, 1.54) is 28.2 Å². The van der Waals surface area contributed by atoms with Gasteiger partial charge >= 0.3 is 0 Å². The molecule has 0 spiro atoms. The lowest BCUT2D eigenvalue weighted by Crippen LogP contribution is -2.27. The van der Waals surface area contributed by atoms with Gasteiger partial charge in [-0.3, -0.25) is 4.79 Å². The van der Waals surface area contributed by atoms with E-state index in [4.69, 9.17) is 5.11 Å². The zero-order valence-corrected chi connectivity index (χ0v) is 12.8. The molecule has 2 N–H and O–H groups in total. The number of carbonyl (C=O) groups is 1. The second kappa shape index (κ2) is 6.67. The van der Waals surface area contributed by atoms with Gasteiger partial charge in [-0.2, -0.15) is 0 Å². The van der Waals surface area contributed by atoms with Gasteiger partial charge in [0.25, 0.3) is 5.91 Å². The first-order valence-electron chi connectivity index (χ1n) is 6.85. The van der Waals surface area contributed by atoms with Crippen molar-refractivity contribution in [3.63, 3.8) is 0 Å². The molecule has 0 atom stereocenters. The number of amides is 1. The number of nitrogens with zero attached hydrogens (tertiary/aromatic N) is 3. The Hall–Kier alpha value is -2.58. The minimum Gasteiger partial charge on any atom is -0.395 e. The van der Waals surface area contributed by atoms with Gasteiger partial charge in [-0.15, -0.1) is 16.4 Å². The van der Waals surface area contributed by atoms with Crippen LogP contribution in [0.3, 0.4) is 0 Å². The number of nitrogens with one attached hydrogen (secondary N) is 1. The van der Waals surface area contributed by atoms with E-state index in [1.54, 1.807) is 12.1 Å². The lowest BCUT2D eigenvalue weighted by molar-refractivity contribution is 0.0934. The Morgan fingerprint density at radius 2 is 2.09 bits per heavy atom. The van der Waals surface area contributed by atoms with Gasteiger partial charge in [0.2, 0.25) is 5.82 Å². The van der Waals surface area contributed by atoms with Gasteiger partial charge in [0.05, 0.1) is 17.2 Å². The summed E-state index contributed by atoms with van der Waals surface area (Å²) in [6, 6.07) is 9.51. The molecular weight excluding hydrogens is 319 g/mol. The molecule has 3 rings (SSSR count). The Morgan fingerprint density at radius 3 is 2.74 bits per heavy atom. The van der Waals surface area contributed by atoms with Crippen LogP contribution in [0.25, 0.3) is 16.4 Å². The van der Waals surface area contributed by atoms with Crippen LogP contribution in [-0.2, 0) is 0 Å². The number of hydrogen-bond donors (Lipinski definition) is 2. The summed E-state index contributed by atoms with van der Waals surface area (Å²) >= 11 is 1.46. The highest BCUT2D eigenvalue weighted by Crippen LogP contribution is 2.25. The second-order valence-corrected chi connectivity index (χ2v) is 5.55. The smallest absolute Gasteiger partial charge is 0.291 e. The number of carbonyl (C=O) groups excluding carboxylic acids is 1. The summed E-state index contributed by atoms with van der Waals surface area (Å²) in [6.07, 6.45) is 0. The van der Waals surface area contributed by atoms with Crippen molar-refractivity contribution < 1.29 is 14.3 Å². The summed E-state index contributed by atoms with van der Waals surface area (Å²) in [6.45, 7) is -0.0412. The van der Waals surface area contributed by atoms with Crippen LogP contribution in [0.2, 0.25) is 0 Å². The van der Waals surface area contributed by atoms with E-state index in [0.717, 1.165) is 4.88 Å². The largest absolute Gasteiger partial charge is 0.395 e. The fraction of sp³-hybridized carbons (Fsp3) is 0.133. The number of halogens is 1. The molecule has 0 aliphatic rings. The molecular formula is C15H13FN4O2S. The van der Waals surface area contributed by atoms with Crippen LogP contribution in [0.5, 0.6) is 0 Å². The SMILES string of the molecule is O=C(NCCO)c1nc(-c2cccs2)n(-c2ccc(F)cc2)n1. The van der Waals surface area contributed by atoms with Gasteiger partial charge < -0.3 is 10.4 Å². The molecule has 1 aromatic carbocycles. The molecule has 3 aromatic rings. The summed E-state index contributed by atoms with van der Waals surface area (Å²) in [5, 5.41) is 17.4. The standard InChI is InChI=1S/C15H13FN4O2S/c16-10-3-5-11(6-4-10)20-14(12-2-1-9-23-12)18-13(19-20)15(22)17-7-8-21/h1-6,9,21H,7-8H2,(H,17,22). The third kappa shape index (κ3) is 3.27. The van der Waals surface area contributed by atoms with Gasteiger partial charge in [-0.25, -0.2) is 14.1 Å². The fourth-order valence-electron chi connectivity index (χ4n) is 1.98. The minimum absolute atomic E-state index is 0.00817. The number of aliphatic hydroxyl groups is 1. The van der Waals surface area contributed by atoms with Crippen LogP contribution >= 0.6 is 11.3 Å². The van der Waals surface area contributed by atoms with Gasteiger partial charge in [0.1, 0.15) is 5.82 Å². The Kier molecular flexibility index (Phi) is 4.45. The molecule has 0 aliphatic heterocycles. The molecule has 6 nitrogen and oxygen atoms in total. The van der Waals surface area contributed by atoms with Crippen molar-refractivity contribution in [1.29, 1.82) is 0 Å². The van der Waals surface area contributed by atoms with Crippen molar-refractivity contribution in [3.8, 4) is 16.4 Å². The van der Waals surface area contributed by atoms with E-state index in [0.29, 0.717) is 11.5 Å². The number of hydrogen-bond acceptors (Lipinski definition) is 5. The summed E-state index contributed by atoms with van der Waals surface area (Å²) < 4.78 is 14.6. The van der Waals surface area contributed by atoms with Crippen LogP contribution in [0, 0.1) is 5.82 Å². The van der Waals surface area contributed by atoms with Crippen LogP contribution in [0.1, 0.15) is 10.6 Å². The maximum absolute atomic E-state index is 13.1. The molecule has 0 aliphatic carbocycles. The van der Waals surface area contributed by atoms with Gasteiger partial charge in [0.15, 0.2) is 5.82 Å². The maximum atomic E-state index is 13.1. The Bertz CT molecular complexity index is 800. The molecule has 2 heterocycles. The van der Waals surface area contributed by atoms with Gasteiger partial charge in [-0.1, -0.05) is 6.07 Å². The zero-order valence-electron chi connectivity index (χ0n) is 11.9. The molecule has 2 aromatic heterocycles. The van der Waals surface area contributed by atoms with Crippen molar-refractivity contribution in [3.05, 3.63) is 53.4 Å². The number of aromatic nitrogens is 3. The van der Waals surface area contributed by atoms with Crippen molar-refractivity contribution in [1.82, 2.24) is 20.1 Å². The maximum Gasteiger partial charge on any atom is 0.291 e. The third-order valence-electron chi connectivity index (χ3n) is 3.02. The normalized spacial score (nSPS) is 10.7. The van der Waals surface area contributed by atoms with Gasteiger partial charge in [0, 0.05) is 6.54 Å². The molecule has 1 amide bonds. The van der Waals surface area contributed by atoms with E-state index < -0.39 is 5.91 Å². The molecule has 23 heavy (non-hydrogen) atoms. The van der Waals surface area contributed by atoms with Crippen LogP contribution in [0.4, 0.5) is 4.39 Å². The average molecular weight is 332 g/mol. The second-order valence-electron chi connectivity index (χ2n) is 4.60. The third-order valence-corrected chi connectivity index (χ3v) is 3.89. The highest BCUT2D eigenvalue weighted by molar-refractivity contribution is 7.13. The molecule has 118 valence electrons. The molecule has 0 radical (unpaired) electrons. The minimum atomic E-state index is -0.474. The van der Waals surface area contributed by atoms with Crippen molar-refractivity contribution in [2.75, 3.05) is 13.2 Å². The van der Waals surface area contributed by atoms with Crippen molar-refractivity contribution >= 4 is 17.2 Å². The Labute approximate surface area is 135 Å². The van der Waals surface area contributed by atoms with Crippen LogP contribution in [0.15, 0.2) is 41.8 Å². The van der Waals surface area contributed by atoms with E-state index in [9.17, 15) is 9.18 Å². The number of thiophene rings is 1. The first-order valence-corrected chi connectivity index (χ1v) is 7.73. The highest BCUT2D eigenvalue weighted by atomic mass is 32.1. The molecule has 8 heteroatoms. The van der Waals surface area contributed by atoms with E-state index in [1.807, 2.05) is 17.5 Å². The van der Waals surface area contributed by atoms with E-state index in [-0.39, 0.29) is 24.8 Å². The monoisotopic (exact) mass is 332 g/mol. The van der Waals surface area contributed by atoms with Crippen molar-refractivity contribution in [2.45, 2.75) is 0 Å². The molecule has 0 unspecified atom stereocenters. The van der Waals surface area contributed by atoms with Crippen LogP contribution in [-0.4, -0.2) is 38.9 Å². The predicted octanol–water partition coefficient (Wildman–Crippen LogP) is 1.86. The average Bonchev–Trinajstić information content (AvgIpc) is 3.22. The van der Waals surface area contributed by atoms with E-state index in [2.05, 4.69) is 15.4 Å². The summed E-state index contributed by atoms with van der Waals surface area (Å²) in [5.41, 5.74) is 0.600. The molecule has 0 saturated heterocycles. The van der Waals surface area contributed by atoms with E-state index >= 15 is 0 Å². The summed E-state index contributed by atoms with van der Waals surface area (Å²) in [4.78, 5) is 17.1. The number of rotatable bonds is 5. The topological polar surface area (TPSA) is 80.0 Å². The Morgan fingerprint density at radius 1 is 1.30 bits per heavy atom. The van der Waals surface area contributed by atoms with Gasteiger partial charge in [-0.05, 0) is 35.7 Å². The molecule has 0 saturated carbocycles. The molecule has 0 fully saturated rings. The molecule has 0 bridgehead atoms. The first-order chi connectivity index (χ1) is 11.2. The number of aliphatic hydroxyl groups excluding tert-OH is 1. The lowest BCUT2D eigenvalue weighted by atomic mass is 10.3. The highest BCUT2D eigenvalue weighted by Gasteiger charge is 2.19. The van der Waals surface area contributed by atoms with Crippen molar-refractivity contribution in [2.24, 2.45) is 0 Å². The predicted molar refractivity (Wildman–Crippen MR) is 84.0 cm³/mol.